The Morgan fingerprint density at radius 2 is 1.94 bits per heavy atom. The molecule has 0 radical (unpaired) electrons. The number of anilines is 1. The first-order chi connectivity index (χ1) is 8.45. The van der Waals surface area contributed by atoms with Crippen molar-refractivity contribution in [3.05, 3.63) is 37.5 Å². The normalized spacial score (nSPS) is 10.8. The number of nitrogens with one attached hydrogen (secondary N) is 2. The largest absolute Gasteiger partial charge is 0.383 e. The molecule has 0 aliphatic rings. The molecule has 0 atom stereocenters. The molecular formula is C11H15N5O2. The smallest absolute Gasteiger partial charge is 0.269 e. The van der Waals surface area contributed by atoms with Gasteiger partial charge in [0.05, 0.1) is 5.56 Å². The van der Waals surface area contributed by atoms with Crippen molar-refractivity contribution in [2.24, 2.45) is 0 Å². The summed E-state index contributed by atoms with van der Waals surface area (Å²) in [5.41, 5.74) is 6.91. The molecule has 2 rings (SSSR count). The summed E-state index contributed by atoms with van der Waals surface area (Å²) in [6.07, 6.45) is 0.602. The molecule has 0 unspecified atom stereocenters. The van der Waals surface area contributed by atoms with E-state index in [1.165, 1.54) is 4.68 Å². The lowest BCUT2D eigenvalue weighted by Crippen LogP contribution is -2.21. The van der Waals surface area contributed by atoms with Gasteiger partial charge in [-0.3, -0.25) is 19.7 Å². The lowest BCUT2D eigenvalue weighted by molar-refractivity contribution is 0.782. The van der Waals surface area contributed by atoms with Crippen molar-refractivity contribution >= 4 is 5.82 Å². The standard InChI is InChI=1S/C11H15N5O2/c1-4-7-6(3)13-11(14-10(7)18)16-8(12)5(2)9(17)15-16/h4,12H2,1-3H3,(H,15,17)(H,13,14,18). The zero-order valence-corrected chi connectivity index (χ0v) is 10.5. The summed E-state index contributed by atoms with van der Waals surface area (Å²) >= 11 is 0. The fraction of sp³-hybridized carbons (Fsp3) is 0.364. The number of nitrogens with zero attached hydrogens (tertiary/aromatic N) is 2. The van der Waals surface area contributed by atoms with Gasteiger partial charge in [-0.25, -0.2) is 9.67 Å². The predicted octanol–water partition coefficient (Wildman–Crippen LogP) is 0.0103. The highest BCUT2D eigenvalue weighted by molar-refractivity contribution is 5.42. The first kappa shape index (κ1) is 12.2. The zero-order valence-electron chi connectivity index (χ0n) is 10.5. The molecule has 0 fully saturated rings. The van der Waals surface area contributed by atoms with Crippen LogP contribution in [0.3, 0.4) is 0 Å². The fourth-order valence-corrected chi connectivity index (χ4v) is 1.81. The molecule has 2 aromatic heterocycles. The number of nitrogens with two attached hydrogens (primary N) is 1. The minimum atomic E-state index is -0.299. The van der Waals surface area contributed by atoms with Gasteiger partial charge in [-0.15, -0.1) is 0 Å². The Bertz CT molecular complexity index is 707. The second-order valence-corrected chi connectivity index (χ2v) is 4.09. The Hall–Kier alpha value is -2.31. The fourth-order valence-electron chi connectivity index (χ4n) is 1.81. The maximum absolute atomic E-state index is 11.8. The van der Waals surface area contributed by atoms with Crippen LogP contribution in [0.4, 0.5) is 5.82 Å². The lowest BCUT2D eigenvalue weighted by Gasteiger charge is -2.07. The van der Waals surface area contributed by atoms with E-state index >= 15 is 0 Å². The number of H-pyrrole nitrogens is 2. The van der Waals surface area contributed by atoms with Gasteiger partial charge in [0.15, 0.2) is 0 Å². The maximum Gasteiger partial charge on any atom is 0.269 e. The van der Waals surface area contributed by atoms with E-state index in [4.69, 9.17) is 5.73 Å². The van der Waals surface area contributed by atoms with Crippen molar-refractivity contribution in [3.63, 3.8) is 0 Å². The number of rotatable bonds is 2. The van der Waals surface area contributed by atoms with Crippen molar-refractivity contribution < 1.29 is 0 Å². The van der Waals surface area contributed by atoms with Gasteiger partial charge in [0.1, 0.15) is 5.82 Å². The van der Waals surface area contributed by atoms with Gasteiger partial charge in [0.25, 0.3) is 11.1 Å². The Morgan fingerprint density at radius 1 is 1.28 bits per heavy atom. The Morgan fingerprint density at radius 3 is 2.39 bits per heavy atom. The number of hydrogen-bond donors (Lipinski definition) is 3. The van der Waals surface area contributed by atoms with Crippen LogP contribution in [0.2, 0.25) is 0 Å². The molecule has 4 N–H and O–H groups in total. The van der Waals surface area contributed by atoms with Gasteiger partial charge in [0.2, 0.25) is 5.95 Å². The van der Waals surface area contributed by atoms with Gasteiger partial charge in [0, 0.05) is 11.3 Å². The topological polar surface area (TPSA) is 110 Å². The zero-order chi connectivity index (χ0) is 13.4. The predicted molar refractivity (Wildman–Crippen MR) is 68.1 cm³/mol. The van der Waals surface area contributed by atoms with Gasteiger partial charge >= 0.3 is 0 Å². The quantitative estimate of drug-likeness (QED) is 0.696. The molecule has 0 bridgehead atoms. The van der Waals surface area contributed by atoms with Crippen LogP contribution in [0.5, 0.6) is 0 Å². The summed E-state index contributed by atoms with van der Waals surface area (Å²) in [4.78, 5) is 30.1. The first-order valence-electron chi connectivity index (χ1n) is 5.63. The van der Waals surface area contributed by atoms with E-state index in [0.29, 0.717) is 23.2 Å². The van der Waals surface area contributed by atoms with Gasteiger partial charge in [-0.2, -0.15) is 0 Å². The van der Waals surface area contributed by atoms with Crippen molar-refractivity contribution in [3.8, 4) is 5.95 Å². The van der Waals surface area contributed by atoms with Crippen molar-refractivity contribution in [1.29, 1.82) is 0 Å². The summed E-state index contributed by atoms with van der Waals surface area (Å²) in [6.45, 7) is 5.24. The number of aromatic amines is 2. The number of aryl methyl sites for hydroxylation is 1. The third-order valence-corrected chi connectivity index (χ3v) is 2.95. The van der Waals surface area contributed by atoms with Crippen LogP contribution in [0.1, 0.15) is 23.7 Å². The average Bonchev–Trinajstić information content (AvgIpc) is 2.56. The number of hydrogen-bond acceptors (Lipinski definition) is 4. The van der Waals surface area contributed by atoms with E-state index in [1.54, 1.807) is 13.8 Å². The second kappa shape index (κ2) is 4.17. The molecule has 0 aromatic carbocycles. The Kier molecular flexibility index (Phi) is 2.82. The Balaban J connectivity index is 2.69. The second-order valence-electron chi connectivity index (χ2n) is 4.09. The summed E-state index contributed by atoms with van der Waals surface area (Å²) < 4.78 is 1.28. The molecule has 7 nitrogen and oxygen atoms in total. The van der Waals surface area contributed by atoms with E-state index in [1.807, 2.05) is 6.92 Å². The first-order valence-corrected chi connectivity index (χ1v) is 5.63. The third kappa shape index (κ3) is 1.73. The monoisotopic (exact) mass is 249 g/mol. The minimum Gasteiger partial charge on any atom is -0.383 e. The molecule has 2 heterocycles. The summed E-state index contributed by atoms with van der Waals surface area (Å²) in [6, 6.07) is 0. The highest BCUT2D eigenvalue weighted by Crippen LogP contribution is 2.09. The molecular weight excluding hydrogens is 234 g/mol. The summed E-state index contributed by atoms with van der Waals surface area (Å²) in [5, 5.41) is 2.52. The summed E-state index contributed by atoms with van der Waals surface area (Å²) in [5.74, 6) is 0.462. The molecule has 0 aliphatic heterocycles. The van der Waals surface area contributed by atoms with Crippen LogP contribution in [-0.2, 0) is 6.42 Å². The maximum atomic E-state index is 11.8. The van der Waals surface area contributed by atoms with Gasteiger partial charge in [-0.1, -0.05) is 6.92 Å². The highest BCUT2D eigenvalue weighted by atomic mass is 16.1. The third-order valence-electron chi connectivity index (χ3n) is 2.95. The molecule has 0 spiro atoms. The lowest BCUT2D eigenvalue weighted by atomic mass is 10.2. The van der Waals surface area contributed by atoms with Gasteiger partial charge < -0.3 is 5.73 Å². The molecule has 18 heavy (non-hydrogen) atoms. The average molecular weight is 249 g/mol. The highest BCUT2D eigenvalue weighted by Gasteiger charge is 2.13. The van der Waals surface area contributed by atoms with Crippen molar-refractivity contribution in [2.45, 2.75) is 27.2 Å². The van der Waals surface area contributed by atoms with Crippen LogP contribution in [-0.4, -0.2) is 19.7 Å². The molecule has 0 aliphatic carbocycles. The summed E-state index contributed by atoms with van der Waals surface area (Å²) in [7, 11) is 0. The van der Waals surface area contributed by atoms with Crippen LogP contribution in [0.25, 0.3) is 5.95 Å². The minimum absolute atomic E-state index is 0.216. The van der Waals surface area contributed by atoms with Crippen LogP contribution in [0.15, 0.2) is 9.59 Å². The number of nitrogen functional groups attached to an aromatic ring is 1. The molecule has 7 heteroatoms. The van der Waals surface area contributed by atoms with Crippen molar-refractivity contribution in [1.82, 2.24) is 19.7 Å². The van der Waals surface area contributed by atoms with E-state index in [0.717, 1.165) is 0 Å². The molecule has 0 saturated carbocycles. The molecule has 0 saturated heterocycles. The van der Waals surface area contributed by atoms with E-state index < -0.39 is 0 Å². The van der Waals surface area contributed by atoms with E-state index in [9.17, 15) is 9.59 Å². The molecule has 2 aromatic rings. The molecule has 96 valence electrons. The Labute approximate surface area is 103 Å². The molecule has 0 amide bonds. The van der Waals surface area contributed by atoms with Crippen molar-refractivity contribution in [2.75, 3.05) is 5.73 Å². The van der Waals surface area contributed by atoms with E-state index in [-0.39, 0.29) is 22.9 Å². The van der Waals surface area contributed by atoms with Gasteiger partial charge in [-0.05, 0) is 20.3 Å². The van der Waals surface area contributed by atoms with Crippen LogP contribution < -0.4 is 16.9 Å². The van der Waals surface area contributed by atoms with E-state index in [2.05, 4.69) is 15.1 Å². The van der Waals surface area contributed by atoms with Crippen LogP contribution in [0, 0.1) is 13.8 Å². The van der Waals surface area contributed by atoms with Crippen LogP contribution >= 0.6 is 0 Å². The number of aromatic nitrogens is 4. The SMILES string of the molecule is CCc1c(C)nc(-n2[nH]c(=O)c(C)c2N)[nH]c1=O.